The largest absolute Gasteiger partial charge is 0.336 e. The van der Waals surface area contributed by atoms with Crippen molar-refractivity contribution in [3.63, 3.8) is 0 Å². The number of nitrogens with one attached hydrogen (secondary N) is 1. The number of hydrogen-bond donors (Lipinski definition) is 1. The molecule has 1 fully saturated rings. The number of carbonyl (C=O) groups excluding carboxylic acids is 2. The number of piperazine rings is 1. The third-order valence-electron chi connectivity index (χ3n) is 4.92. The third-order valence-corrected chi connectivity index (χ3v) is 6.96. The molecule has 7 nitrogen and oxygen atoms in total. The summed E-state index contributed by atoms with van der Waals surface area (Å²) in [6.45, 7) is 6.17. The Kier molecular flexibility index (Phi) is 6.04. The van der Waals surface area contributed by atoms with Crippen LogP contribution in [0.2, 0.25) is 0 Å². The Morgan fingerprint density at radius 2 is 1.66 bits per heavy atom. The monoisotopic (exact) mass is 415 g/mol. The van der Waals surface area contributed by atoms with E-state index in [4.69, 9.17) is 0 Å². The molecule has 1 saturated heterocycles. The van der Waals surface area contributed by atoms with Gasteiger partial charge in [0.05, 0.1) is 4.90 Å². The number of hydrogen-bond acceptors (Lipinski definition) is 4. The molecule has 0 unspecified atom stereocenters. The molecule has 0 bridgehead atoms. The van der Waals surface area contributed by atoms with Crippen molar-refractivity contribution in [3.8, 4) is 0 Å². The zero-order valence-corrected chi connectivity index (χ0v) is 17.6. The first-order chi connectivity index (χ1) is 13.7. The minimum Gasteiger partial charge on any atom is -0.336 e. The summed E-state index contributed by atoms with van der Waals surface area (Å²) < 4.78 is 27.5. The maximum absolute atomic E-state index is 13.0. The lowest BCUT2D eigenvalue weighted by molar-refractivity contribution is -0.114. The molecule has 1 N–H and O–H groups in total. The van der Waals surface area contributed by atoms with Crippen molar-refractivity contribution in [3.05, 3.63) is 59.2 Å². The standard InChI is InChI=1S/C21H25N3O4S/c1-15-7-8-16(2)20(13-15)29(27,28)24-11-9-23(10-12-24)21(26)18-5-4-6-19(14-18)22-17(3)25/h4-8,13-14H,9-12H2,1-3H3,(H,22,25). The number of nitrogens with zero attached hydrogens (tertiary/aromatic N) is 2. The molecule has 2 aromatic rings. The average Bonchev–Trinajstić information content (AvgIpc) is 2.69. The van der Waals surface area contributed by atoms with Crippen LogP contribution in [0, 0.1) is 13.8 Å². The number of sulfonamides is 1. The zero-order valence-electron chi connectivity index (χ0n) is 16.8. The smallest absolute Gasteiger partial charge is 0.254 e. The Hall–Kier alpha value is -2.71. The summed E-state index contributed by atoms with van der Waals surface area (Å²) in [5, 5.41) is 2.66. The SMILES string of the molecule is CC(=O)Nc1cccc(C(=O)N2CCN(S(=O)(=O)c3cc(C)ccc3C)CC2)c1. The molecule has 8 heteroatoms. The van der Waals surface area contributed by atoms with Crippen LogP contribution in [0.4, 0.5) is 5.69 Å². The van der Waals surface area contributed by atoms with Crippen molar-refractivity contribution in [1.29, 1.82) is 0 Å². The summed E-state index contributed by atoms with van der Waals surface area (Å²) in [6.07, 6.45) is 0. The maximum atomic E-state index is 13.0. The lowest BCUT2D eigenvalue weighted by atomic mass is 10.1. The summed E-state index contributed by atoms with van der Waals surface area (Å²) in [5.41, 5.74) is 2.62. The highest BCUT2D eigenvalue weighted by atomic mass is 32.2. The molecular weight excluding hydrogens is 390 g/mol. The van der Waals surface area contributed by atoms with Crippen molar-refractivity contribution < 1.29 is 18.0 Å². The van der Waals surface area contributed by atoms with E-state index in [9.17, 15) is 18.0 Å². The first-order valence-electron chi connectivity index (χ1n) is 9.43. The summed E-state index contributed by atoms with van der Waals surface area (Å²) >= 11 is 0. The van der Waals surface area contributed by atoms with Crippen molar-refractivity contribution in [2.24, 2.45) is 0 Å². The van der Waals surface area contributed by atoms with E-state index in [2.05, 4.69) is 5.32 Å². The second kappa shape index (κ2) is 8.34. The van der Waals surface area contributed by atoms with Crippen LogP contribution in [0.3, 0.4) is 0 Å². The molecule has 0 saturated carbocycles. The van der Waals surface area contributed by atoms with Gasteiger partial charge in [0, 0.05) is 44.4 Å². The first-order valence-corrected chi connectivity index (χ1v) is 10.9. The van der Waals surface area contributed by atoms with Crippen molar-refractivity contribution >= 4 is 27.5 Å². The highest BCUT2D eigenvalue weighted by Gasteiger charge is 2.31. The van der Waals surface area contributed by atoms with Crippen LogP contribution in [-0.4, -0.2) is 55.6 Å². The average molecular weight is 416 g/mol. The van der Waals surface area contributed by atoms with Gasteiger partial charge in [-0.15, -0.1) is 0 Å². The fraction of sp³-hybridized carbons (Fsp3) is 0.333. The van der Waals surface area contributed by atoms with Crippen LogP contribution in [0.1, 0.15) is 28.4 Å². The minimum absolute atomic E-state index is 0.180. The van der Waals surface area contributed by atoms with Crippen LogP contribution in [0.15, 0.2) is 47.4 Å². The Balaban J connectivity index is 1.71. The summed E-state index contributed by atoms with van der Waals surface area (Å²) in [4.78, 5) is 26.0. The van der Waals surface area contributed by atoms with Gasteiger partial charge in [-0.05, 0) is 49.2 Å². The lowest BCUT2D eigenvalue weighted by Gasteiger charge is -2.34. The van der Waals surface area contributed by atoms with Gasteiger partial charge >= 0.3 is 0 Å². The summed E-state index contributed by atoms with van der Waals surface area (Å²) in [5.74, 6) is -0.388. The molecule has 0 radical (unpaired) electrons. The Morgan fingerprint density at radius 3 is 2.31 bits per heavy atom. The number of aryl methyl sites for hydroxylation is 2. The van der Waals surface area contributed by atoms with Crippen LogP contribution in [0.5, 0.6) is 0 Å². The van der Waals surface area contributed by atoms with Gasteiger partial charge in [-0.2, -0.15) is 4.31 Å². The van der Waals surface area contributed by atoms with Crippen LogP contribution in [-0.2, 0) is 14.8 Å². The highest BCUT2D eigenvalue weighted by molar-refractivity contribution is 7.89. The normalized spacial score (nSPS) is 15.2. The molecule has 1 aliphatic heterocycles. The van der Waals surface area contributed by atoms with E-state index in [1.807, 2.05) is 19.1 Å². The zero-order chi connectivity index (χ0) is 21.2. The van der Waals surface area contributed by atoms with E-state index in [1.54, 1.807) is 42.2 Å². The van der Waals surface area contributed by atoms with Crippen molar-refractivity contribution in [1.82, 2.24) is 9.21 Å². The number of carbonyl (C=O) groups is 2. The third kappa shape index (κ3) is 4.65. The van der Waals surface area contributed by atoms with Gasteiger partial charge < -0.3 is 10.2 Å². The number of amides is 2. The fourth-order valence-corrected chi connectivity index (χ4v) is 5.10. The molecule has 2 amide bonds. The van der Waals surface area contributed by atoms with E-state index in [0.717, 1.165) is 5.56 Å². The molecule has 0 aliphatic carbocycles. The van der Waals surface area contributed by atoms with Gasteiger partial charge in [-0.25, -0.2) is 8.42 Å². The molecule has 0 aromatic heterocycles. The first kappa shape index (κ1) is 21.0. The second-order valence-corrected chi connectivity index (χ2v) is 9.13. The summed E-state index contributed by atoms with van der Waals surface area (Å²) in [6, 6.07) is 12.1. The van der Waals surface area contributed by atoms with Crippen LogP contribution >= 0.6 is 0 Å². The molecule has 2 aromatic carbocycles. The molecule has 0 spiro atoms. The molecule has 0 atom stereocenters. The molecule has 1 aliphatic rings. The second-order valence-electron chi connectivity index (χ2n) is 7.23. The van der Waals surface area contributed by atoms with Gasteiger partial charge in [0.2, 0.25) is 15.9 Å². The van der Waals surface area contributed by atoms with E-state index >= 15 is 0 Å². The van der Waals surface area contributed by atoms with Crippen molar-refractivity contribution in [2.75, 3.05) is 31.5 Å². The highest BCUT2D eigenvalue weighted by Crippen LogP contribution is 2.23. The number of benzene rings is 2. The van der Waals surface area contributed by atoms with Crippen LogP contribution < -0.4 is 5.32 Å². The van der Waals surface area contributed by atoms with Gasteiger partial charge in [0.15, 0.2) is 0 Å². The Morgan fingerprint density at radius 1 is 0.966 bits per heavy atom. The van der Waals surface area contributed by atoms with E-state index in [1.165, 1.54) is 11.2 Å². The van der Waals surface area contributed by atoms with Gasteiger partial charge in [0.1, 0.15) is 0 Å². The molecular formula is C21H25N3O4S. The predicted octanol–water partition coefficient (Wildman–Crippen LogP) is 2.41. The van der Waals surface area contributed by atoms with Gasteiger partial charge in [-0.1, -0.05) is 18.2 Å². The molecule has 1 heterocycles. The van der Waals surface area contributed by atoms with Crippen LogP contribution in [0.25, 0.3) is 0 Å². The predicted molar refractivity (Wildman–Crippen MR) is 111 cm³/mol. The quantitative estimate of drug-likeness (QED) is 0.831. The Bertz CT molecular complexity index is 1040. The molecule has 29 heavy (non-hydrogen) atoms. The topological polar surface area (TPSA) is 86.8 Å². The van der Waals surface area contributed by atoms with Gasteiger partial charge in [0.25, 0.3) is 5.91 Å². The minimum atomic E-state index is -3.60. The number of rotatable bonds is 4. The summed E-state index contributed by atoms with van der Waals surface area (Å²) in [7, 11) is -3.60. The molecule has 154 valence electrons. The number of anilines is 1. The van der Waals surface area contributed by atoms with E-state index in [-0.39, 0.29) is 24.9 Å². The Labute approximate surface area is 171 Å². The van der Waals surface area contributed by atoms with E-state index in [0.29, 0.717) is 34.8 Å². The van der Waals surface area contributed by atoms with Crippen molar-refractivity contribution in [2.45, 2.75) is 25.7 Å². The maximum Gasteiger partial charge on any atom is 0.254 e. The van der Waals surface area contributed by atoms with E-state index < -0.39 is 10.0 Å². The lowest BCUT2D eigenvalue weighted by Crippen LogP contribution is -2.50. The fourth-order valence-electron chi connectivity index (χ4n) is 3.37. The van der Waals surface area contributed by atoms with Gasteiger partial charge in [-0.3, -0.25) is 9.59 Å². The molecule has 3 rings (SSSR count).